The van der Waals surface area contributed by atoms with Gasteiger partial charge in [0.1, 0.15) is 5.82 Å². The van der Waals surface area contributed by atoms with Crippen molar-refractivity contribution in [3.05, 3.63) is 18.3 Å². The normalized spacial score (nSPS) is 17.2. The number of nitrogens with one attached hydrogen (secondary N) is 1. The van der Waals surface area contributed by atoms with Crippen LogP contribution in [0.2, 0.25) is 0 Å². The number of nitrogens with two attached hydrogens (primary N) is 1. The van der Waals surface area contributed by atoms with Crippen LogP contribution in [0.4, 0.5) is 11.5 Å². The van der Waals surface area contributed by atoms with Crippen LogP contribution in [0, 0.1) is 0 Å². The molecule has 1 saturated heterocycles. The Bertz CT molecular complexity index is 321. The predicted octanol–water partition coefficient (Wildman–Crippen LogP) is 1.56. The molecular formula is C12H20N4. The van der Waals surface area contributed by atoms with E-state index in [1.807, 2.05) is 12.1 Å². The van der Waals surface area contributed by atoms with E-state index in [1.165, 1.54) is 32.4 Å². The van der Waals surface area contributed by atoms with Crippen LogP contribution in [0.3, 0.4) is 0 Å². The number of hydrogen-bond donors (Lipinski definition) is 2. The van der Waals surface area contributed by atoms with Crippen molar-refractivity contribution in [2.75, 3.05) is 37.2 Å². The van der Waals surface area contributed by atoms with Gasteiger partial charge in [0.15, 0.2) is 0 Å². The summed E-state index contributed by atoms with van der Waals surface area (Å²) in [6.07, 6.45) is 5.79. The van der Waals surface area contributed by atoms with E-state index in [2.05, 4.69) is 15.2 Å². The molecule has 0 radical (unpaired) electrons. The molecule has 0 aromatic carbocycles. The maximum atomic E-state index is 5.75. The van der Waals surface area contributed by atoms with Crippen LogP contribution < -0.4 is 11.1 Å². The molecule has 3 N–H and O–H groups in total. The summed E-state index contributed by atoms with van der Waals surface area (Å²) < 4.78 is 0. The third-order valence-electron chi connectivity index (χ3n) is 3.03. The maximum Gasteiger partial charge on any atom is 0.146 e. The summed E-state index contributed by atoms with van der Waals surface area (Å²) in [5.74, 6) is 0.584. The molecule has 4 nitrogen and oxygen atoms in total. The highest BCUT2D eigenvalue weighted by Crippen LogP contribution is 2.13. The molecule has 1 aromatic heterocycles. The number of nitrogen functional groups attached to an aromatic ring is 1. The van der Waals surface area contributed by atoms with Gasteiger partial charge in [0.25, 0.3) is 0 Å². The van der Waals surface area contributed by atoms with Crippen molar-refractivity contribution in [2.24, 2.45) is 0 Å². The molecule has 0 atom stereocenters. The average Bonchev–Trinajstić information content (AvgIpc) is 2.33. The lowest BCUT2D eigenvalue weighted by Gasteiger charge is -2.26. The number of pyridine rings is 1. The van der Waals surface area contributed by atoms with Crippen LogP contribution in [0.5, 0.6) is 0 Å². The van der Waals surface area contributed by atoms with Gasteiger partial charge in [-0.2, -0.15) is 0 Å². The quantitative estimate of drug-likeness (QED) is 0.808. The average molecular weight is 220 g/mol. The van der Waals surface area contributed by atoms with E-state index in [9.17, 15) is 0 Å². The fourth-order valence-electron chi connectivity index (χ4n) is 2.10. The highest BCUT2D eigenvalue weighted by Gasteiger charge is 2.09. The number of aromatic nitrogens is 1. The van der Waals surface area contributed by atoms with Gasteiger partial charge in [0.2, 0.25) is 0 Å². The molecule has 4 heteroatoms. The second-order valence-electron chi connectivity index (χ2n) is 4.27. The standard InChI is InChI=1S/C12H20N4/c13-12-11(5-4-6-15-12)14-7-10-16-8-2-1-3-9-16/h4-6,14H,1-3,7-10H2,(H2,13,15). The predicted molar refractivity (Wildman–Crippen MR) is 67.4 cm³/mol. The number of likely N-dealkylation sites (tertiary alicyclic amines) is 1. The first-order valence-electron chi connectivity index (χ1n) is 6.03. The van der Waals surface area contributed by atoms with Crippen LogP contribution in [-0.4, -0.2) is 36.1 Å². The first kappa shape index (κ1) is 11.2. The van der Waals surface area contributed by atoms with Crippen molar-refractivity contribution in [1.29, 1.82) is 0 Å². The maximum absolute atomic E-state index is 5.75. The molecule has 1 aromatic rings. The number of rotatable bonds is 4. The lowest BCUT2D eigenvalue weighted by atomic mass is 10.1. The zero-order chi connectivity index (χ0) is 11.2. The van der Waals surface area contributed by atoms with Gasteiger partial charge in [-0.1, -0.05) is 6.42 Å². The summed E-state index contributed by atoms with van der Waals surface area (Å²) in [5, 5.41) is 3.33. The van der Waals surface area contributed by atoms with E-state index in [4.69, 9.17) is 5.73 Å². The summed E-state index contributed by atoms with van der Waals surface area (Å²) in [5.41, 5.74) is 6.70. The Labute approximate surface area is 96.8 Å². The second kappa shape index (κ2) is 5.70. The van der Waals surface area contributed by atoms with Crippen molar-refractivity contribution in [3.8, 4) is 0 Å². The van der Waals surface area contributed by atoms with Crippen LogP contribution in [0.25, 0.3) is 0 Å². The van der Waals surface area contributed by atoms with Crippen LogP contribution in [0.15, 0.2) is 18.3 Å². The summed E-state index contributed by atoms with van der Waals surface area (Å²) in [6.45, 7) is 4.51. The molecular weight excluding hydrogens is 200 g/mol. The van der Waals surface area contributed by atoms with Crippen LogP contribution in [-0.2, 0) is 0 Å². The van der Waals surface area contributed by atoms with Gasteiger partial charge in [-0.3, -0.25) is 0 Å². The Balaban J connectivity index is 1.73. The number of piperidine rings is 1. The first-order chi connectivity index (χ1) is 7.86. The van der Waals surface area contributed by atoms with Gasteiger partial charge in [-0.05, 0) is 38.1 Å². The van der Waals surface area contributed by atoms with Gasteiger partial charge in [-0.25, -0.2) is 4.98 Å². The molecule has 16 heavy (non-hydrogen) atoms. The monoisotopic (exact) mass is 220 g/mol. The molecule has 0 amide bonds. The molecule has 88 valence electrons. The Kier molecular flexibility index (Phi) is 3.99. The largest absolute Gasteiger partial charge is 0.382 e. The Morgan fingerprint density at radius 2 is 2.12 bits per heavy atom. The number of hydrogen-bond acceptors (Lipinski definition) is 4. The van der Waals surface area contributed by atoms with E-state index >= 15 is 0 Å². The number of nitrogens with zero attached hydrogens (tertiary/aromatic N) is 2. The fraction of sp³-hybridized carbons (Fsp3) is 0.583. The molecule has 1 fully saturated rings. The summed E-state index contributed by atoms with van der Waals surface area (Å²) in [6, 6.07) is 3.87. The van der Waals surface area contributed by atoms with Gasteiger partial charge in [0.05, 0.1) is 5.69 Å². The molecule has 2 rings (SSSR count). The van der Waals surface area contributed by atoms with Crippen molar-refractivity contribution in [2.45, 2.75) is 19.3 Å². The third kappa shape index (κ3) is 3.10. The molecule has 1 aliphatic heterocycles. The topological polar surface area (TPSA) is 54.2 Å². The molecule has 0 saturated carbocycles. The second-order valence-corrected chi connectivity index (χ2v) is 4.27. The number of anilines is 2. The highest BCUT2D eigenvalue weighted by atomic mass is 15.1. The van der Waals surface area contributed by atoms with E-state index in [0.717, 1.165) is 18.8 Å². The van der Waals surface area contributed by atoms with Gasteiger partial charge >= 0.3 is 0 Å². The van der Waals surface area contributed by atoms with Crippen molar-refractivity contribution in [3.63, 3.8) is 0 Å². The van der Waals surface area contributed by atoms with Crippen molar-refractivity contribution >= 4 is 11.5 Å². The SMILES string of the molecule is Nc1ncccc1NCCN1CCCCC1. The lowest BCUT2D eigenvalue weighted by molar-refractivity contribution is 0.237. The van der Waals surface area contributed by atoms with E-state index in [1.54, 1.807) is 6.20 Å². The molecule has 0 spiro atoms. The fourth-order valence-corrected chi connectivity index (χ4v) is 2.10. The molecule has 2 heterocycles. The van der Waals surface area contributed by atoms with Gasteiger partial charge < -0.3 is 16.0 Å². The summed E-state index contributed by atoms with van der Waals surface area (Å²) in [7, 11) is 0. The van der Waals surface area contributed by atoms with Crippen molar-refractivity contribution < 1.29 is 0 Å². The van der Waals surface area contributed by atoms with Gasteiger partial charge in [-0.15, -0.1) is 0 Å². The van der Waals surface area contributed by atoms with Crippen LogP contribution >= 0.6 is 0 Å². The first-order valence-corrected chi connectivity index (χ1v) is 6.03. The Morgan fingerprint density at radius 3 is 2.88 bits per heavy atom. The minimum absolute atomic E-state index is 0.584. The van der Waals surface area contributed by atoms with Crippen LogP contribution in [0.1, 0.15) is 19.3 Å². The lowest BCUT2D eigenvalue weighted by Crippen LogP contribution is -2.33. The summed E-state index contributed by atoms with van der Waals surface area (Å²) >= 11 is 0. The minimum atomic E-state index is 0.584. The van der Waals surface area contributed by atoms with E-state index < -0.39 is 0 Å². The Morgan fingerprint density at radius 1 is 1.31 bits per heavy atom. The molecule has 0 aliphatic carbocycles. The third-order valence-corrected chi connectivity index (χ3v) is 3.03. The van der Waals surface area contributed by atoms with E-state index in [-0.39, 0.29) is 0 Å². The van der Waals surface area contributed by atoms with E-state index in [0.29, 0.717) is 5.82 Å². The molecule has 0 bridgehead atoms. The van der Waals surface area contributed by atoms with Gasteiger partial charge in [0, 0.05) is 19.3 Å². The van der Waals surface area contributed by atoms with Crippen molar-refractivity contribution in [1.82, 2.24) is 9.88 Å². The molecule has 1 aliphatic rings. The smallest absolute Gasteiger partial charge is 0.146 e. The zero-order valence-corrected chi connectivity index (χ0v) is 9.65. The molecule has 0 unspecified atom stereocenters. The zero-order valence-electron chi connectivity index (χ0n) is 9.65. The minimum Gasteiger partial charge on any atom is -0.382 e. The highest BCUT2D eigenvalue weighted by molar-refractivity contribution is 5.60. The summed E-state index contributed by atoms with van der Waals surface area (Å²) in [4.78, 5) is 6.55. The Hall–Kier alpha value is -1.29.